The highest BCUT2D eigenvalue weighted by atomic mass is 32.1. The number of halogens is 3. The number of hydrogen-bond donors (Lipinski definition) is 2. The van der Waals surface area contributed by atoms with E-state index in [1.807, 2.05) is 0 Å². The molecule has 38 heavy (non-hydrogen) atoms. The quantitative estimate of drug-likeness (QED) is 0.278. The van der Waals surface area contributed by atoms with Crippen LogP contribution in [0.2, 0.25) is 0 Å². The van der Waals surface area contributed by atoms with E-state index in [9.17, 15) is 27.6 Å². The number of amides is 2. The van der Waals surface area contributed by atoms with Crippen molar-refractivity contribution in [2.75, 3.05) is 5.32 Å². The number of ketones is 1. The van der Waals surface area contributed by atoms with Crippen molar-refractivity contribution in [1.29, 1.82) is 0 Å². The maximum Gasteiger partial charge on any atom is 0.252 e. The van der Waals surface area contributed by atoms with E-state index >= 15 is 0 Å². The molecule has 1 heterocycles. The Labute approximate surface area is 220 Å². The Morgan fingerprint density at radius 3 is 1.92 bits per heavy atom. The van der Waals surface area contributed by atoms with E-state index in [4.69, 9.17) is 0 Å². The Balaban J connectivity index is 1.57. The van der Waals surface area contributed by atoms with Crippen LogP contribution in [-0.2, 0) is 11.2 Å². The van der Waals surface area contributed by atoms with Crippen molar-refractivity contribution in [2.45, 2.75) is 25.8 Å². The molecule has 2 amide bonds. The molecule has 0 unspecified atom stereocenters. The summed E-state index contributed by atoms with van der Waals surface area (Å²) in [5.41, 5.74) is 0.0878. The lowest BCUT2D eigenvalue weighted by Gasteiger charge is -2.24. The average Bonchev–Trinajstić information content (AvgIpc) is 3.30. The number of aromatic nitrogens is 1. The molecule has 3 aromatic carbocycles. The summed E-state index contributed by atoms with van der Waals surface area (Å²) in [7, 11) is 0. The van der Waals surface area contributed by atoms with Crippen LogP contribution in [0.4, 0.5) is 18.3 Å². The van der Waals surface area contributed by atoms with Gasteiger partial charge in [0.15, 0.2) is 10.9 Å². The van der Waals surface area contributed by atoms with Crippen LogP contribution >= 0.6 is 11.3 Å². The number of rotatable bonds is 8. The van der Waals surface area contributed by atoms with E-state index in [0.717, 1.165) is 23.5 Å². The highest BCUT2D eigenvalue weighted by Crippen LogP contribution is 2.33. The van der Waals surface area contributed by atoms with E-state index in [-0.39, 0.29) is 33.5 Å². The molecule has 0 bridgehead atoms. The Kier molecular flexibility index (Phi) is 7.72. The number of carbonyl (C=O) groups is 3. The van der Waals surface area contributed by atoms with Crippen LogP contribution in [0.15, 0.2) is 72.8 Å². The second-order valence-electron chi connectivity index (χ2n) is 8.97. The molecule has 0 aliphatic rings. The van der Waals surface area contributed by atoms with E-state index in [1.54, 1.807) is 0 Å². The largest absolute Gasteiger partial charge is 0.338 e. The van der Waals surface area contributed by atoms with Crippen LogP contribution in [0.3, 0.4) is 0 Å². The molecule has 0 atom stereocenters. The maximum absolute atomic E-state index is 13.5. The first-order valence-electron chi connectivity index (χ1n) is 11.5. The highest BCUT2D eigenvalue weighted by molar-refractivity contribution is 7.18. The number of Topliss-reactive ketones (excluding diaryl/α,β-unsaturated/α-hetero) is 1. The van der Waals surface area contributed by atoms with Crippen LogP contribution in [-0.4, -0.2) is 28.1 Å². The molecule has 194 valence electrons. The minimum atomic E-state index is -1.40. The molecule has 0 saturated heterocycles. The van der Waals surface area contributed by atoms with Crippen molar-refractivity contribution in [2.24, 2.45) is 0 Å². The van der Waals surface area contributed by atoms with Crippen LogP contribution in [0.1, 0.15) is 39.4 Å². The first-order chi connectivity index (χ1) is 18.0. The number of anilines is 1. The maximum atomic E-state index is 13.5. The predicted molar refractivity (Wildman–Crippen MR) is 139 cm³/mol. The summed E-state index contributed by atoms with van der Waals surface area (Å²) in [5.74, 6) is -2.89. The third kappa shape index (κ3) is 6.33. The molecule has 0 aliphatic heterocycles. The molecule has 4 aromatic rings. The Bertz CT molecular complexity index is 1480. The molecular weight excluding hydrogens is 515 g/mol. The van der Waals surface area contributed by atoms with Crippen molar-refractivity contribution >= 4 is 34.1 Å². The van der Waals surface area contributed by atoms with Gasteiger partial charge in [-0.1, -0.05) is 23.5 Å². The van der Waals surface area contributed by atoms with E-state index in [2.05, 4.69) is 15.6 Å². The summed E-state index contributed by atoms with van der Waals surface area (Å²) in [4.78, 5) is 43.4. The fraction of sp³-hybridized carbons (Fsp3) is 0.143. The van der Waals surface area contributed by atoms with Crippen molar-refractivity contribution < 1.29 is 27.6 Å². The van der Waals surface area contributed by atoms with Gasteiger partial charge in [0.25, 0.3) is 11.8 Å². The van der Waals surface area contributed by atoms with Gasteiger partial charge in [0.2, 0.25) is 0 Å². The lowest BCUT2D eigenvalue weighted by molar-refractivity contribution is -0.120. The van der Waals surface area contributed by atoms with Gasteiger partial charge in [-0.3, -0.25) is 19.7 Å². The molecule has 0 aliphatic carbocycles. The van der Waals surface area contributed by atoms with Gasteiger partial charge in [0.1, 0.15) is 27.9 Å². The standard InChI is InChI=1S/C28H22F3N3O3S/c1-28(2,34-25(36)18-7-13-21(31)14-8-18)26(37)33-27-32-23(17-5-11-20(30)12-6-17)24(38-27)22(35)15-16-3-9-19(29)10-4-16/h3-14H,15H2,1-2H3,(H,34,36)(H,32,33,37). The lowest BCUT2D eigenvalue weighted by atomic mass is 10.0. The fourth-order valence-electron chi connectivity index (χ4n) is 3.50. The SMILES string of the molecule is CC(C)(NC(=O)c1ccc(F)cc1)C(=O)Nc1nc(-c2ccc(F)cc2)c(C(=O)Cc2ccc(F)cc2)s1. The number of nitrogens with zero attached hydrogens (tertiary/aromatic N) is 1. The third-order valence-corrected chi connectivity index (χ3v) is 6.61. The van der Waals surface area contributed by atoms with Crippen molar-refractivity contribution in [3.8, 4) is 11.3 Å². The molecule has 1 aromatic heterocycles. The molecule has 2 N–H and O–H groups in total. The average molecular weight is 538 g/mol. The second kappa shape index (κ2) is 11.0. The first-order valence-corrected chi connectivity index (χ1v) is 12.3. The zero-order valence-corrected chi connectivity index (χ0v) is 21.2. The van der Waals surface area contributed by atoms with Gasteiger partial charge in [-0.2, -0.15) is 0 Å². The number of hydrogen-bond acceptors (Lipinski definition) is 5. The zero-order chi connectivity index (χ0) is 27.4. The van der Waals surface area contributed by atoms with Gasteiger partial charge in [0.05, 0.1) is 5.69 Å². The van der Waals surface area contributed by atoms with E-state index in [1.165, 1.54) is 74.5 Å². The predicted octanol–water partition coefficient (Wildman–Crippen LogP) is 5.80. The fourth-order valence-corrected chi connectivity index (χ4v) is 4.42. The molecule has 10 heteroatoms. The van der Waals surface area contributed by atoms with E-state index < -0.39 is 34.8 Å². The number of carbonyl (C=O) groups excluding carboxylic acids is 3. The van der Waals surface area contributed by atoms with Crippen molar-refractivity contribution in [3.63, 3.8) is 0 Å². The summed E-state index contributed by atoms with van der Waals surface area (Å²) in [5, 5.41) is 5.33. The normalized spacial score (nSPS) is 11.2. The summed E-state index contributed by atoms with van der Waals surface area (Å²) < 4.78 is 40.0. The smallest absolute Gasteiger partial charge is 0.252 e. The Hall–Kier alpha value is -4.31. The van der Waals surface area contributed by atoms with Crippen LogP contribution in [0.25, 0.3) is 11.3 Å². The molecule has 4 rings (SSSR count). The summed E-state index contributed by atoms with van der Waals surface area (Å²) in [6.07, 6.45) is -0.0384. The Morgan fingerprint density at radius 1 is 0.816 bits per heavy atom. The summed E-state index contributed by atoms with van der Waals surface area (Å²) in [6, 6.07) is 15.8. The van der Waals surface area contributed by atoms with Gasteiger partial charge >= 0.3 is 0 Å². The number of nitrogens with one attached hydrogen (secondary N) is 2. The van der Waals surface area contributed by atoms with Crippen LogP contribution in [0, 0.1) is 17.5 Å². The van der Waals surface area contributed by atoms with Gasteiger partial charge < -0.3 is 5.32 Å². The van der Waals surface area contributed by atoms with Crippen molar-refractivity contribution in [3.05, 3.63) is 106 Å². The summed E-state index contributed by atoms with van der Waals surface area (Å²) in [6.45, 7) is 2.97. The van der Waals surface area contributed by atoms with Crippen molar-refractivity contribution in [1.82, 2.24) is 10.3 Å². The van der Waals surface area contributed by atoms with Gasteiger partial charge in [-0.15, -0.1) is 0 Å². The lowest BCUT2D eigenvalue weighted by Crippen LogP contribution is -2.52. The minimum Gasteiger partial charge on any atom is -0.338 e. The first kappa shape index (κ1) is 26.7. The van der Waals surface area contributed by atoms with Gasteiger partial charge in [-0.25, -0.2) is 18.2 Å². The van der Waals surface area contributed by atoms with Crippen LogP contribution < -0.4 is 10.6 Å². The molecule has 0 fully saturated rings. The van der Waals surface area contributed by atoms with E-state index in [0.29, 0.717) is 11.1 Å². The molecule has 0 spiro atoms. The topological polar surface area (TPSA) is 88.2 Å². The zero-order valence-electron chi connectivity index (χ0n) is 20.3. The second-order valence-corrected chi connectivity index (χ2v) is 9.97. The molecule has 0 saturated carbocycles. The molecule has 6 nitrogen and oxygen atoms in total. The molecular formula is C28H22F3N3O3S. The summed E-state index contributed by atoms with van der Waals surface area (Å²) >= 11 is 0.936. The highest BCUT2D eigenvalue weighted by Gasteiger charge is 2.31. The Morgan fingerprint density at radius 2 is 1.34 bits per heavy atom. The van der Waals surface area contributed by atoms with Gasteiger partial charge in [-0.05, 0) is 80.1 Å². The molecule has 0 radical (unpaired) electrons. The number of thiazole rings is 1. The third-order valence-electron chi connectivity index (χ3n) is 5.60. The van der Waals surface area contributed by atoms with Crippen LogP contribution in [0.5, 0.6) is 0 Å². The van der Waals surface area contributed by atoms with Gasteiger partial charge in [0, 0.05) is 17.5 Å². The monoisotopic (exact) mass is 537 g/mol. The number of benzene rings is 3. The minimum absolute atomic E-state index is 0.0384.